The molecule has 0 saturated carbocycles. The molecule has 0 bridgehead atoms. The maximum Gasteiger partial charge on any atom is 0.147 e. The third kappa shape index (κ3) is 3.82. The fourth-order valence-electron chi connectivity index (χ4n) is 3.74. The first-order chi connectivity index (χ1) is 11.2. The van der Waals surface area contributed by atoms with Gasteiger partial charge in [-0.25, -0.2) is 4.98 Å². The average molecular weight is 314 g/mol. The number of ether oxygens (including phenoxy) is 1. The van der Waals surface area contributed by atoms with Gasteiger partial charge in [0.15, 0.2) is 0 Å². The Morgan fingerprint density at radius 2 is 2.09 bits per heavy atom. The number of rotatable bonds is 3. The molecule has 0 spiro atoms. The van der Waals surface area contributed by atoms with Crippen LogP contribution in [0.25, 0.3) is 0 Å². The minimum absolute atomic E-state index is 0.649. The molecule has 3 rings (SSSR count). The Labute approximate surface area is 138 Å². The zero-order chi connectivity index (χ0) is 16.2. The highest BCUT2D eigenvalue weighted by atomic mass is 16.5. The lowest BCUT2D eigenvalue weighted by Crippen LogP contribution is -2.45. The third-order valence-corrected chi connectivity index (χ3v) is 4.88. The van der Waals surface area contributed by atoms with Gasteiger partial charge in [0.25, 0.3) is 0 Å². The summed E-state index contributed by atoms with van der Waals surface area (Å²) in [7, 11) is 0. The minimum Gasteiger partial charge on any atom is -0.379 e. The molecule has 0 aliphatic carbocycles. The van der Waals surface area contributed by atoms with Crippen LogP contribution in [-0.2, 0) is 4.74 Å². The van der Waals surface area contributed by atoms with Crippen molar-refractivity contribution in [3.05, 3.63) is 22.9 Å². The molecule has 0 unspecified atom stereocenters. The van der Waals surface area contributed by atoms with E-state index in [-0.39, 0.29) is 0 Å². The summed E-state index contributed by atoms with van der Waals surface area (Å²) < 4.78 is 5.44. The molecule has 2 aliphatic rings. The number of hydrogen-bond acceptors (Lipinski definition) is 5. The van der Waals surface area contributed by atoms with Crippen molar-refractivity contribution >= 4 is 5.82 Å². The van der Waals surface area contributed by atoms with E-state index < -0.39 is 0 Å². The molecule has 124 valence electrons. The van der Waals surface area contributed by atoms with E-state index in [9.17, 15) is 5.26 Å². The molecule has 1 aromatic heterocycles. The quantitative estimate of drug-likeness (QED) is 0.855. The van der Waals surface area contributed by atoms with Crippen LogP contribution in [0.15, 0.2) is 6.07 Å². The Kier molecular flexibility index (Phi) is 5.14. The fourth-order valence-corrected chi connectivity index (χ4v) is 3.74. The summed E-state index contributed by atoms with van der Waals surface area (Å²) in [5.41, 5.74) is 2.76. The van der Waals surface area contributed by atoms with Crippen LogP contribution in [-0.4, -0.2) is 55.8 Å². The molecule has 5 heteroatoms. The van der Waals surface area contributed by atoms with Gasteiger partial charge in [-0.15, -0.1) is 0 Å². The third-order valence-electron chi connectivity index (χ3n) is 4.88. The van der Waals surface area contributed by atoms with Gasteiger partial charge in [-0.05, 0) is 44.2 Å². The fraction of sp³-hybridized carbons (Fsp3) is 0.667. The number of hydrogen-bond donors (Lipinski definition) is 0. The molecule has 0 amide bonds. The van der Waals surface area contributed by atoms with Crippen LogP contribution >= 0.6 is 0 Å². The van der Waals surface area contributed by atoms with E-state index in [0.717, 1.165) is 68.6 Å². The number of morpholine rings is 1. The normalized spacial score (nSPS) is 22.8. The number of nitriles is 1. The standard InChI is InChI=1S/C18H26N4O/c1-14-10-15(2)20-18(17(14)11-19)22-5-3-4-16(13-22)12-21-6-8-23-9-7-21/h10,16H,3-9,12-13H2,1-2H3/t16-/m1/s1. The van der Waals surface area contributed by atoms with E-state index in [4.69, 9.17) is 4.74 Å². The molecule has 2 fully saturated rings. The summed E-state index contributed by atoms with van der Waals surface area (Å²) in [6.45, 7) is 10.9. The lowest BCUT2D eigenvalue weighted by molar-refractivity contribution is 0.0296. The van der Waals surface area contributed by atoms with Gasteiger partial charge in [-0.2, -0.15) is 5.26 Å². The molecular weight excluding hydrogens is 288 g/mol. The highest BCUT2D eigenvalue weighted by Gasteiger charge is 2.25. The number of nitrogens with zero attached hydrogens (tertiary/aromatic N) is 4. The molecule has 0 aromatic carbocycles. The first kappa shape index (κ1) is 16.2. The summed E-state index contributed by atoms with van der Waals surface area (Å²) in [4.78, 5) is 9.52. The zero-order valence-electron chi connectivity index (χ0n) is 14.2. The monoisotopic (exact) mass is 314 g/mol. The number of aryl methyl sites for hydroxylation is 2. The highest BCUT2D eigenvalue weighted by molar-refractivity contribution is 5.58. The Morgan fingerprint density at radius 1 is 1.30 bits per heavy atom. The Balaban J connectivity index is 1.72. The van der Waals surface area contributed by atoms with Crippen molar-refractivity contribution in [2.45, 2.75) is 26.7 Å². The van der Waals surface area contributed by atoms with Crippen LogP contribution < -0.4 is 4.90 Å². The van der Waals surface area contributed by atoms with Gasteiger partial charge < -0.3 is 9.64 Å². The molecule has 0 radical (unpaired) electrons. The number of anilines is 1. The van der Waals surface area contributed by atoms with Gasteiger partial charge in [0.1, 0.15) is 11.9 Å². The molecule has 2 saturated heterocycles. The number of pyridine rings is 1. The molecule has 5 nitrogen and oxygen atoms in total. The summed E-state index contributed by atoms with van der Waals surface area (Å²) in [5, 5.41) is 9.51. The second kappa shape index (κ2) is 7.29. The largest absolute Gasteiger partial charge is 0.379 e. The van der Waals surface area contributed by atoms with Crippen LogP contribution in [0.4, 0.5) is 5.82 Å². The second-order valence-electron chi connectivity index (χ2n) is 6.76. The SMILES string of the molecule is Cc1cc(C)c(C#N)c(N2CCC[C@H](CN3CCOCC3)C2)n1. The maximum atomic E-state index is 9.51. The van der Waals surface area contributed by atoms with Crippen molar-refractivity contribution in [1.82, 2.24) is 9.88 Å². The number of piperidine rings is 1. The molecule has 3 heterocycles. The maximum absolute atomic E-state index is 9.51. The molecule has 2 aliphatic heterocycles. The van der Waals surface area contributed by atoms with Crippen molar-refractivity contribution in [1.29, 1.82) is 5.26 Å². The molecule has 0 N–H and O–H groups in total. The van der Waals surface area contributed by atoms with E-state index >= 15 is 0 Å². The van der Waals surface area contributed by atoms with Crippen molar-refractivity contribution in [3.63, 3.8) is 0 Å². The first-order valence-electron chi connectivity index (χ1n) is 8.61. The van der Waals surface area contributed by atoms with Gasteiger partial charge in [0.05, 0.1) is 18.8 Å². The lowest BCUT2D eigenvalue weighted by atomic mass is 9.96. The molecule has 23 heavy (non-hydrogen) atoms. The number of aromatic nitrogens is 1. The van der Waals surface area contributed by atoms with Gasteiger partial charge >= 0.3 is 0 Å². The highest BCUT2D eigenvalue weighted by Crippen LogP contribution is 2.27. The van der Waals surface area contributed by atoms with E-state index in [1.165, 1.54) is 12.8 Å². The topological polar surface area (TPSA) is 52.4 Å². The van der Waals surface area contributed by atoms with Crippen molar-refractivity contribution in [3.8, 4) is 6.07 Å². The lowest BCUT2D eigenvalue weighted by Gasteiger charge is -2.37. The van der Waals surface area contributed by atoms with Gasteiger partial charge in [0.2, 0.25) is 0 Å². The van der Waals surface area contributed by atoms with Gasteiger partial charge in [-0.3, -0.25) is 4.90 Å². The van der Waals surface area contributed by atoms with Crippen molar-refractivity contribution in [2.24, 2.45) is 5.92 Å². The van der Waals surface area contributed by atoms with Crippen LogP contribution in [0.2, 0.25) is 0 Å². The summed E-state index contributed by atoms with van der Waals surface area (Å²) in [6, 6.07) is 4.35. The Bertz CT molecular complexity index is 589. The second-order valence-corrected chi connectivity index (χ2v) is 6.76. The molecule has 1 atom stereocenters. The van der Waals surface area contributed by atoms with E-state index in [1.54, 1.807) is 0 Å². The smallest absolute Gasteiger partial charge is 0.147 e. The van der Waals surface area contributed by atoms with Gasteiger partial charge in [0, 0.05) is 38.4 Å². The van der Waals surface area contributed by atoms with E-state index in [0.29, 0.717) is 5.92 Å². The first-order valence-corrected chi connectivity index (χ1v) is 8.61. The summed E-state index contributed by atoms with van der Waals surface area (Å²) in [5.74, 6) is 1.53. The van der Waals surface area contributed by atoms with Crippen LogP contribution in [0.1, 0.15) is 29.7 Å². The van der Waals surface area contributed by atoms with Crippen LogP contribution in [0.5, 0.6) is 0 Å². The van der Waals surface area contributed by atoms with Crippen molar-refractivity contribution < 1.29 is 4.74 Å². The summed E-state index contributed by atoms with van der Waals surface area (Å²) in [6.07, 6.45) is 2.44. The van der Waals surface area contributed by atoms with E-state index in [2.05, 4.69) is 20.9 Å². The minimum atomic E-state index is 0.649. The summed E-state index contributed by atoms with van der Waals surface area (Å²) >= 11 is 0. The van der Waals surface area contributed by atoms with Crippen LogP contribution in [0.3, 0.4) is 0 Å². The van der Waals surface area contributed by atoms with Gasteiger partial charge in [-0.1, -0.05) is 0 Å². The van der Waals surface area contributed by atoms with Crippen molar-refractivity contribution in [2.75, 3.05) is 50.8 Å². The van der Waals surface area contributed by atoms with Crippen LogP contribution in [0, 0.1) is 31.1 Å². The zero-order valence-corrected chi connectivity index (χ0v) is 14.2. The average Bonchev–Trinajstić information content (AvgIpc) is 2.55. The Morgan fingerprint density at radius 3 is 2.83 bits per heavy atom. The van der Waals surface area contributed by atoms with E-state index in [1.807, 2.05) is 19.9 Å². The molecule has 1 aromatic rings. The predicted octanol–water partition coefficient (Wildman–Crippen LogP) is 2.12. The predicted molar refractivity (Wildman–Crippen MR) is 90.6 cm³/mol. The Hall–Kier alpha value is -1.64. The molecular formula is C18H26N4O.